The van der Waals surface area contributed by atoms with Gasteiger partial charge in [-0.3, -0.25) is 9.78 Å². The zero-order valence-corrected chi connectivity index (χ0v) is 10.5. The van der Waals surface area contributed by atoms with Crippen molar-refractivity contribution in [3.63, 3.8) is 0 Å². The monoisotopic (exact) mass is 266 g/mol. The Bertz CT molecular complexity index is 764. The van der Waals surface area contributed by atoms with Gasteiger partial charge in [0.05, 0.1) is 11.2 Å². The van der Waals surface area contributed by atoms with Crippen molar-refractivity contribution in [2.75, 3.05) is 5.32 Å². The molecule has 0 aliphatic carbocycles. The highest BCUT2D eigenvalue weighted by atomic mass is 19.1. The number of aromatic nitrogens is 1. The number of anilines is 1. The van der Waals surface area contributed by atoms with Gasteiger partial charge >= 0.3 is 0 Å². The molecule has 1 heterocycles. The van der Waals surface area contributed by atoms with Crippen LogP contribution in [0.1, 0.15) is 10.4 Å². The molecule has 20 heavy (non-hydrogen) atoms. The maximum atomic E-state index is 12.8. The minimum atomic E-state index is -0.365. The molecule has 0 bridgehead atoms. The molecule has 0 fully saturated rings. The number of rotatable bonds is 2. The minimum Gasteiger partial charge on any atom is -0.321 e. The topological polar surface area (TPSA) is 42.0 Å². The molecule has 4 heteroatoms. The highest BCUT2D eigenvalue weighted by Crippen LogP contribution is 2.21. The lowest BCUT2D eigenvalue weighted by molar-refractivity contribution is 0.102. The fourth-order valence-corrected chi connectivity index (χ4v) is 2.00. The number of hydrogen-bond acceptors (Lipinski definition) is 2. The Morgan fingerprint density at radius 1 is 1.00 bits per heavy atom. The fraction of sp³-hybridized carbons (Fsp3) is 0. The number of amides is 1. The molecule has 0 radical (unpaired) electrons. The number of fused-ring (bicyclic) bond motifs is 1. The number of nitrogens with one attached hydrogen (secondary N) is 1. The van der Waals surface area contributed by atoms with Crippen LogP contribution in [0, 0.1) is 5.82 Å². The predicted octanol–water partition coefficient (Wildman–Crippen LogP) is 3.63. The van der Waals surface area contributed by atoms with Crippen molar-refractivity contribution in [3.8, 4) is 0 Å². The van der Waals surface area contributed by atoms with E-state index >= 15 is 0 Å². The summed E-state index contributed by atoms with van der Waals surface area (Å²) in [6.07, 6.45) is 1.64. The van der Waals surface area contributed by atoms with Crippen molar-refractivity contribution in [1.29, 1.82) is 0 Å². The standard InChI is InChI=1S/C16H11FN2O/c17-12-7-5-11(6-8-12)16(20)19-15-9-10-18-14-4-2-1-3-13(14)15/h1-10H,(H,18,19,20). The van der Waals surface area contributed by atoms with Gasteiger partial charge in [-0.2, -0.15) is 0 Å². The van der Waals surface area contributed by atoms with E-state index in [1.54, 1.807) is 12.3 Å². The quantitative estimate of drug-likeness (QED) is 0.769. The average molecular weight is 266 g/mol. The van der Waals surface area contributed by atoms with Gasteiger partial charge in [0.2, 0.25) is 0 Å². The summed E-state index contributed by atoms with van der Waals surface area (Å²) in [5.74, 6) is -0.641. The normalized spacial score (nSPS) is 10.4. The Kier molecular flexibility index (Phi) is 3.13. The van der Waals surface area contributed by atoms with Crippen LogP contribution in [0.4, 0.5) is 10.1 Å². The SMILES string of the molecule is O=C(Nc1ccnc2ccccc12)c1ccc(F)cc1. The number of halogens is 1. The summed E-state index contributed by atoms with van der Waals surface area (Å²) in [5, 5.41) is 3.69. The minimum absolute atomic E-state index is 0.277. The molecular weight excluding hydrogens is 255 g/mol. The second-order valence-corrected chi connectivity index (χ2v) is 4.34. The maximum absolute atomic E-state index is 12.8. The third-order valence-corrected chi connectivity index (χ3v) is 3.00. The number of nitrogens with zero attached hydrogens (tertiary/aromatic N) is 1. The van der Waals surface area contributed by atoms with Crippen LogP contribution in [0.5, 0.6) is 0 Å². The van der Waals surface area contributed by atoms with Gasteiger partial charge in [-0.25, -0.2) is 4.39 Å². The van der Waals surface area contributed by atoms with Crippen molar-refractivity contribution >= 4 is 22.5 Å². The molecule has 0 saturated carbocycles. The Morgan fingerprint density at radius 3 is 2.55 bits per heavy atom. The molecular formula is C16H11FN2O. The Labute approximate surface area is 115 Å². The van der Waals surface area contributed by atoms with Crippen LogP contribution in [0.2, 0.25) is 0 Å². The largest absolute Gasteiger partial charge is 0.321 e. The third-order valence-electron chi connectivity index (χ3n) is 3.00. The van der Waals surface area contributed by atoms with Crippen molar-refractivity contribution in [3.05, 3.63) is 72.2 Å². The van der Waals surface area contributed by atoms with Gasteiger partial charge in [-0.05, 0) is 36.4 Å². The zero-order chi connectivity index (χ0) is 13.9. The highest BCUT2D eigenvalue weighted by molar-refractivity contribution is 6.08. The molecule has 0 aliphatic rings. The summed E-state index contributed by atoms with van der Waals surface area (Å²) in [7, 11) is 0. The molecule has 3 rings (SSSR count). The third kappa shape index (κ3) is 2.36. The molecule has 1 N–H and O–H groups in total. The van der Waals surface area contributed by atoms with E-state index in [9.17, 15) is 9.18 Å². The summed E-state index contributed by atoms with van der Waals surface area (Å²) < 4.78 is 12.8. The molecule has 3 aromatic rings. The molecule has 0 unspecified atom stereocenters. The number of carbonyl (C=O) groups excluding carboxylic acids is 1. The molecule has 0 spiro atoms. The van der Waals surface area contributed by atoms with Crippen LogP contribution in [0.3, 0.4) is 0 Å². The summed E-state index contributed by atoms with van der Waals surface area (Å²) in [6.45, 7) is 0. The Balaban J connectivity index is 1.93. The van der Waals surface area contributed by atoms with Gasteiger partial charge in [0.1, 0.15) is 5.82 Å². The van der Waals surface area contributed by atoms with Gasteiger partial charge in [-0.1, -0.05) is 18.2 Å². The van der Waals surface area contributed by atoms with Gasteiger partial charge in [-0.15, -0.1) is 0 Å². The average Bonchev–Trinajstić information content (AvgIpc) is 2.48. The number of hydrogen-bond donors (Lipinski definition) is 1. The molecule has 98 valence electrons. The Morgan fingerprint density at radius 2 is 1.75 bits per heavy atom. The Hall–Kier alpha value is -2.75. The van der Waals surface area contributed by atoms with E-state index in [1.165, 1.54) is 24.3 Å². The molecule has 2 aromatic carbocycles. The van der Waals surface area contributed by atoms with Gasteiger partial charge in [0.25, 0.3) is 5.91 Å². The van der Waals surface area contributed by atoms with Gasteiger partial charge in [0, 0.05) is 17.1 Å². The van der Waals surface area contributed by atoms with Crippen LogP contribution in [0.25, 0.3) is 10.9 Å². The molecule has 0 aliphatic heterocycles. The van der Waals surface area contributed by atoms with Crippen LogP contribution in [0.15, 0.2) is 60.8 Å². The van der Waals surface area contributed by atoms with E-state index < -0.39 is 0 Å². The lowest BCUT2D eigenvalue weighted by atomic mass is 10.1. The number of carbonyl (C=O) groups is 1. The van der Waals surface area contributed by atoms with Crippen molar-refractivity contribution < 1.29 is 9.18 Å². The van der Waals surface area contributed by atoms with E-state index in [0.717, 1.165) is 10.9 Å². The van der Waals surface area contributed by atoms with E-state index in [1.807, 2.05) is 24.3 Å². The van der Waals surface area contributed by atoms with Crippen LogP contribution >= 0.6 is 0 Å². The lowest BCUT2D eigenvalue weighted by Gasteiger charge is -2.08. The van der Waals surface area contributed by atoms with Gasteiger partial charge in [0.15, 0.2) is 0 Å². The second-order valence-electron chi connectivity index (χ2n) is 4.34. The fourth-order valence-electron chi connectivity index (χ4n) is 2.00. The van der Waals surface area contributed by atoms with Crippen LogP contribution < -0.4 is 5.32 Å². The summed E-state index contributed by atoms with van der Waals surface area (Å²) in [6, 6.07) is 14.7. The molecule has 0 saturated heterocycles. The van der Waals surface area contributed by atoms with Gasteiger partial charge < -0.3 is 5.32 Å². The first-order chi connectivity index (χ1) is 9.74. The van der Waals surface area contributed by atoms with E-state index in [0.29, 0.717) is 11.3 Å². The van der Waals surface area contributed by atoms with E-state index in [-0.39, 0.29) is 11.7 Å². The maximum Gasteiger partial charge on any atom is 0.255 e. The number of pyridine rings is 1. The smallest absolute Gasteiger partial charge is 0.255 e. The first-order valence-electron chi connectivity index (χ1n) is 6.15. The van der Waals surface area contributed by atoms with Crippen molar-refractivity contribution in [1.82, 2.24) is 4.98 Å². The van der Waals surface area contributed by atoms with Crippen LogP contribution in [-0.4, -0.2) is 10.9 Å². The molecule has 3 nitrogen and oxygen atoms in total. The second kappa shape index (κ2) is 5.09. The summed E-state index contributed by atoms with van der Waals surface area (Å²) >= 11 is 0. The van der Waals surface area contributed by atoms with E-state index in [4.69, 9.17) is 0 Å². The van der Waals surface area contributed by atoms with Crippen LogP contribution in [-0.2, 0) is 0 Å². The molecule has 0 atom stereocenters. The predicted molar refractivity (Wildman–Crippen MR) is 76.1 cm³/mol. The number of para-hydroxylation sites is 1. The lowest BCUT2D eigenvalue weighted by Crippen LogP contribution is -2.12. The number of benzene rings is 2. The van der Waals surface area contributed by atoms with Crippen molar-refractivity contribution in [2.24, 2.45) is 0 Å². The van der Waals surface area contributed by atoms with E-state index in [2.05, 4.69) is 10.3 Å². The van der Waals surface area contributed by atoms with Crippen molar-refractivity contribution in [2.45, 2.75) is 0 Å². The molecule has 1 amide bonds. The highest BCUT2D eigenvalue weighted by Gasteiger charge is 2.08. The first-order valence-corrected chi connectivity index (χ1v) is 6.15. The molecule has 1 aromatic heterocycles. The first kappa shape index (κ1) is 12.3. The summed E-state index contributed by atoms with van der Waals surface area (Å²) in [5.41, 5.74) is 1.90. The summed E-state index contributed by atoms with van der Waals surface area (Å²) in [4.78, 5) is 16.3. The zero-order valence-electron chi connectivity index (χ0n) is 10.5.